The average molecular weight is 960 g/mol. The van der Waals surface area contributed by atoms with E-state index in [0.717, 1.165) is 0 Å². The van der Waals surface area contributed by atoms with E-state index in [1.54, 1.807) is 0 Å². The van der Waals surface area contributed by atoms with Crippen LogP contribution in [0.2, 0.25) is 0 Å². The van der Waals surface area contributed by atoms with Crippen LogP contribution >= 0.6 is 0 Å². The molecule has 0 aromatic rings. The van der Waals surface area contributed by atoms with E-state index in [1.807, 2.05) is 0 Å². The SMILES string of the molecule is COC1CC(C(=O)OC[C@H]2O[C@@H](OC[C@H]3O[C@@H](OC4CC5C(O)CC(O)CC5[OH+]C4C4CCC(O)C(O)C4)[C@H](O[C@@H]4OC[C@@H](O)[C@H](O)[C@H]4O)[C@@H](O)[C@H]3O)[C@H](O)[C@@H](O)[C@@H]2O)CC(OC)C1OC. The Kier molecular flexibility index (Phi) is 18.1. The van der Waals surface area contributed by atoms with Gasteiger partial charge in [-0.2, -0.15) is 0 Å². The molecule has 0 amide bonds. The van der Waals surface area contributed by atoms with Gasteiger partial charge in [0.25, 0.3) is 0 Å². The molecule has 25 atom stereocenters. The van der Waals surface area contributed by atoms with Crippen molar-refractivity contribution in [3.8, 4) is 0 Å². The maximum Gasteiger partial charge on any atom is 0.309 e. The van der Waals surface area contributed by atoms with E-state index >= 15 is 0 Å². The molecular formula is C42H71O24+. The summed E-state index contributed by atoms with van der Waals surface area (Å²) in [6.45, 7) is -1.70. The number of carbonyl (C=O) groups excluding carboxylic acids is 1. The van der Waals surface area contributed by atoms with Crippen molar-refractivity contribution < 1.29 is 118 Å². The van der Waals surface area contributed by atoms with Gasteiger partial charge in [0.05, 0.1) is 61.7 Å². The van der Waals surface area contributed by atoms with Crippen LogP contribution in [0.1, 0.15) is 51.4 Å². The third kappa shape index (κ3) is 11.4. The van der Waals surface area contributed by atoms with Crippen LogP contribution in [0.15, 0.2) is 0 Å². The van der Waals surface area contributed by atoms with E-state index in [1.165, 1.54) is 21.3 Å². The van der Waals surface area contributed by atoms with Gasteiger partial charge in [-0.3, -0.25) is 4.79 Å². The van der Waals surface area contributed by atoms with Crippen LogP contribution in [-0.2, 0) is 52.2 Å². The molecule has 24 nitrogen and oxygen atoms in total. The van der Waals surface area contributed by atoms with Crippen molar-refractivity contribution in [3.63, 3.8) is 0 Å². The molecule has 4 saturated heterocycles. The summed E-state index contributed by atoms with van der Waals surface area (Å²) in [7, 11) is 4.47. The molecule has 66 heavy (non-hydrogen) atoms. The quantitative estimate of drug-likeness (QED) is 0.0569. The van der Waals surface area contributed by atoms with Gasteiger partial charge >= 0.3 is 5.97 Å². The van der Waals surface area contributed by atoms with E-state index < -0.39 is 185 Å². The summed E-state index contributed by atoms with van der Waals surface area (Å²) < 4.78 is 63.0. The van der Waals surface area contributed by atoms with E-state index in [4.69, 9.17) is 52.1 Å². The highest BCUT2D eigenvalue weighted by Gasteiger charge is 2.57. The zero-order chi connectivity index (χ0) is 47.7. The van der Waals surface area contributed by atoms with Crippen LogP contribution in [0, 0.1) is 17.8 Å². The lowest BCUT2D eigenvalue weighted by atomic mass is 9.72. The molecule has 7 fully saturated rings. The number of aliphatic hydroxyl groups excluding tert-OH is 12. The predicted octanol–water partition coefficient (Wildman–Crippen LogP) is -6.21. The smallest absolute Gasteiger partial charge is 0.309 e. The zero-order valence-corrected chi connectivity index (χ0v) is 37.2. The minimum atomic E-state index is -1.91. The molecule has 13 N–H and O–H groups in total. The highest BCUT2D eigenvalue weighted by atomic mass is 16.8. The number of esters is 1. The van der Waals surface area contributed by atoms with Gasteiger partial charge in [-0.05, 0) is 38.5 Å². The Balaban J connectivity index is 1.06. The normalized spacial score (nSPS) is 51.5. The molecule has 24 heteroatoms. The van der Waals surface area contributed by atoms with Crippen molar-refractivity contribution in [2.75, 3.05) is 41.2 Å². The first-order valence-corrected chi connectivity index (χ1v) is 22.9. The fourth-order valence-electron chi connectivity index (χ4n) is 10.8. The maximum absolute atomic E-state index is 13.3. The van der Waals surface area contributed by atoms with Gasteiger partial charge in [0.1, 0.15) is 86.0 Å². The van der Waals surface area contributed by atoms with Crippen LogP contribution in [-0.4, -0.2) is 260 Å². The molecule has 0 bridgehead atoms. The molecule has 4 aliphatic heterocycles. The van der Waals surface area contributed by atoms with Crippen molar-refractivity contribution in [3.05, 3.63) is 0 Å². The number of carbonyl (C=O) groups is 1. The maximum atomic E-state index is 13.3. The average Bonchev–Trinajstić information content (AvgIpc) is 3.30. The first kappa shape index (κ1) is 52.4. The molecule has 11 unspecified atom stereocenters. The fourth-order valence-corrected chi connectivity index (χ4v) is 10.8. The van der Waals surface area contributed by atoms with Crippen molar-refractivity contribution in [2.24, 2.45) is 17.8 Å². The number of hydrogen-bond donors (Lipinski definition) is 12. The summed E-state index contributed by atoms with van der Waals surface area (Å²) in [5.41, 5.74) is 0. The third-order valence-electron chi connectivity index (χ3n) is 14.7. The van der Waals surface area contributed by atoms with E-state index in [0.29, 0.717) is 6.42 Å². The second-order valence-electron chi connectivity index (χ2n) is 19.0. The summed E-state index contributed by atoms with van der Waals surface area (Å²) in [6, 6.07) is 0. The van der Waals surface area contributed by atoms with Gasteiger partial charge in [-0.15, -0.1) is 0 Å². The minimum absolute atomic E-state index is 0.0903. The van der Waals surface area contributed by atoms with E-state index in [-0.39, 0.29) is 50.9 Å². The summed E-state index contributed by atoms with van der Waals surface area (Å²) in [6.07, 6.45) is -29.3. The molecular weight excluding hydrogens is 888 g/mol. The lowest BCUT2D eigenvalue weighted by Crippen LogP contribution is -2.65. The first-order valence-electron chi connectivity index (χ1n) is 22.9. The zero-order valence-electron chi connectivity index (χ0n) is 37.2. The van der Waals surface area contributed by atoms with E-state index in [2.05, 4.69) is 0 Å². The molecule has 7 aliphatic rings. The summed E-state index contributed by atoms with van der Waals surface area (Å²) in [5.74, 6) is -2.18. The van der Waals surface area contributed by atoms with Crippen molar-refractivity contribution >= 4 is 5.97 Å². The van der Waals surface area contributed by atoms with Crippen LogP contribution < -0.4 is 0 Å². The molecule has 0 spiro atoms. The molecule has 4 heterocycles. The van der Waals surface area contributed by atoms with Gasteiger partial charge in [0, 0.05) is 40.1 Å². The van der Waals surface area contributed by atoms with Gasteiger partial charge in [0.2, 0.25) is 0 Å². The monoisotopic (exact) mass is 959 g/mol. The van der Waals surface area contributed by atoms with Crippen LogP contribution in [0.25, 0.3) is 0 Å². The lowest BCUT2D eigenvalue weighted by Gasteiger charge is -2.49. The van der Waals surface area contributed by atoms with Crippen LogP contribution in [0.4, 0.5) is 0 Å². The minimum Gasteiger partial charge on any atom is -0.463 e. The summed E-state index contributed by atoms with van der Waals surface area (Å²) >= 11 is 0. The highest BCUT2D eigenvalue weighted by molar-refractivity contribution is 5.72. The third-order valence-corrected chi connectivity index (χ3v) is 14.7. The molecule has 7 rings (SSSR count). The van der Waals surface area contributed by atoms with Crippen molar-refractivity contribution in [1.82, 2.24) is 0 Å². The Labute approximate surface area is 381 Å². The molecule has 3 aliphatic carbocycles. The summed E-state index contributed by atoms with van der Waals surface area (Å²) in [4.78, 5) is 13.3. The number of hydrogen-bond acceptors (Lipinski definition) is 23. The largest absolute Gasteiger partial charge is 0.463 e. The Morgan fingerprint density at radius 3 is 1.88 bits per heavy atom. The molecule has 0 radical (unpaired) electrons. The van der Waals surface area contributed by atoms with Crippen LogP contribution in [0.3, 0.4) is 0 Å². The van der Waals surface area contributed by atoms with Gasteiger partial charge < -0.3 is 113 Å². The second-order valence-corrected chi connectivity index (χ2v) is 19.0. The topological polar surface area (TPSA) is 365 Å². The van der Waals surface area contributed by atoms with E-state index in [9.17, 15) is 66.1 Å². The number of methoxy groups -OCH3 is 3. The first-order chi connectivity index (χ1) is 31.4. The van der Waals surface area contributed by atoms with Gasteiger partial charge in [-0.1, -0.05) is 0 Å². The van der Waals surface area contributed by atoms with Crippen molar-refractivity contribution in [1.29, 1.82) is 0 Å². The second kappa shape index (κ2) is 22.8. The molecule has 3 saturated carbocycles. The molecule has 0 aromatic carbocycles. The van der Waals surface area contributed by atoms with Crippen molar-refractivity contribution in [2.45, 2.75) is 198 Å². The Bertz CT molecular complexity index is 1520. The lowest BCUT2D eigenvalue weighted by molar-refractivity contribution is -0.385. The molecule has 382 valence electrons. The highest BCUT2D eigenvalue weighted by Crippen LogP contribution is 2.43. The number of rotatable bonds is 14. The van der Waals surface area contributed by atoms with Gasteiger partial charge in [-0.25, -0.2) is 0 Å². The number of fused-ring (bicyclic) bond motifs is 1. The number of aliphatic hydroxyl groups is 14. The van der Waals surface area contributed by atoms with Gasteiger partial charge in [0.15, 0.2) is 31.1 Å². The predicted molar refractivity (Wildman–Crippen MR) is 215 cm³/mol. The number of ether oxygens (including phenoxy) is 11. The Morgan fingerprint density at radius 1 is 0.561 bits per heavy atom. The Morgan fingerprint density at radius 2 is 1.21 bits per heavy atom. The fraction of sp³-hybridized carbons (Fsp3) is 0.976. The molecule has 0 aromatic heterocycles. The Hall–Kier alpha value is -1.41. The van der Waals surface area contributed by atoms with Crippen LogP contribution in [0.5, 0.6) is 0 Å². The standard InChI is InChI=1S/C42H70O24/c1-56-24-7-16(8-25(57-2)37(24)58-3)39(55)59-13-27-30(49)32(51)35(54)40(64-27)61-14-28-31(50)33(52)38(66-41-34(53)29(48)22(47)12-60-41)42(65-28)63-26-11-18-20(45)9-17(43)10-23(18)62-36(26)15-4-5-19(44)21(46)6-15/h15-38,40-54H,4-14H2,1-3H3/p+1/t15?,16?,17?,18?,19?,20?,21?,22-,23?,24?,25?,26?,27-,28-,29+,30-,31+,32+,33+,34-,35-,36?,37?,38-,40-,41+,42-/m1/s1. The summed E-state index contributed by atoms with van der Waals surface area (Å²) in [5, 5.41) is 130.